The second-order valence-corrected chi connectivity index (χ2v) is 4.67. The van der Waals surface area contributed by atoms with Crippen LogP contribution in [0.5, 0.6) is 0 Å². The second kappa shape index (κ2) is 4.72. The van der Waals surface area contributed by atoms with Gasteiger partial charge in [-0.3, -0.25) is 4.79 Å². The summed E-state index contributed by atoms with van der Waals surface area (Å²) in [7, 11) is 0. The number of primary amides is 1. The van der Waals surface area contributed by atoms with Crippen molar-refractivity contribution < 1.29 is 14.3 Å². The van der Waals surface area contributed by atoms with Crippen LogP contribution in [0.15, 0.2) is 0 Å². The number of esters is 1. The summed E-state index contributed by atoms with van der Waals surface area (Å²) in [5.74, 6) is 0.458. The number of amides is 2. The number of rotatable bonds is 3. The zero-order valence-electron chi connectivity index (χ0n) is 9.35. The highest BCUT2D eigenvalue weighted by molar-refractivity contribution is 5.74. The molecule has 0 unspecified atom stereocenters. The summed E-state index contributed by atoms with van der Waals surface area (Å²) in [6.07, 6.45) is 3.72. The fourth-order valence-electron chi connectivity index (χ4n) is 1.94. The van der Waals surface area contributed by atoms with Gasteiger partial charge in [-0.05, 0) is 31.6 Å². The van der Waals surface area contributed by atoms with Crippen molar-refractivity contribution in [2.24, 2.45) is 17.6 Å². The lowest BCUT2D eigenvalue weighted by molar-refractivity contribution is -0.150. The molecule has 2 aliphatic rings. The van der Waals surface area contributed by atoms with E-state index in [4.69, 9.17) is 10.5 Å². The first kappa shape index (κ1) is 11.2. The number of carbonyl (C=O) groups excluding carboxylic acids is 2. The third-order valence-electron chi connectivity index (χ3n) is 3.30. The van der Waals surface area contributed by atoms with Crippen molar-refractivity contribution in [1.29, 1.82) is 0 Å². The maximum absolute atomic E-state index is 11.6. The van der Waals surface area contributed by atoms with Crippen LogP contribution in [0.25, 0.3) is 0 Å². The van der Waals surface area contributed by atoms with E-state index in [9.17, 15) is 9.59 Å². The first-order chi connectivity index (χ1) is 7.66. The van der Waals surface area contributed by atoms with E-state index in [1.165, 1.54) is 12.8 Å². The molecular formula is C11H18N2O3. The summed E-state index contributed by atoms with van der Waals surface area (Å²) < 4.78 is 5.23. The van der Waals surface area contributed by atoms with Crippen LogP contribution in [-0.4, -0.2) is 36.6 Å². The summed E-state index contributed by atoms with van der Waals surface area (Å²) in [5, 5.41) is 0. The van der Waals surface area contributed by atoms with E-state index in [1.54, 1.807) is 4.90 Å². The van der Waals surface area contributed by atoms with E-state index >= 15 is 0 Å². The maximum atomic E-state index is 11.6. The predicted molar refractivity (Wildman–Crippen MR) is 57.6 cm³/mol. The van der Waals surface area contributed by atoms with Gasteiger partial charge in [-0.15, -0.1) is 0 Å². The Kier molecular flexibility index (Phi) is 3.31. The van der Waals surface area contributed by atoms with Gasteiger partial charge in [0.2, 0.25) is 0 Å². The normalized spacial score (nSPS) is 21.9. The molecule has 2 amide bonds. The second-order valence-electron chi connectivity index (χ2n) is 4.67. The Morgan fingerprint density at radius 3 is 2.31 bits per heavy atom. The molecule has 1 saturated heterocycles. The van der Waals surface area contributed by atoms with E-state index in [-0.39, 0.29) is 11.9 Å². The number of hydrogen-bond acceptors (Lipinski definition) is 3. The van der Waals surface area contributed by atoms with Gasteiger partial charge in [-0.2, -0.15) is 0 Å². The van der Waals surface area contributed by atoms with Crippen LogP contribution >= 0.6 is 0 Å². The number of nitrogens with zero attached hydrogens (tertiary/aromatic N) is 1. The minimum absolute atomic E-state index is 0.0469. The topological polar surface area (TPSA) is 72.6 Å². The third-order valence-corrected chi connectivity index (χ3v) is 3.30. The lowest BCUT2D eigenvalue weighted by atomic mass is 9.97. The highest BCUT2D eigenvalue weighted by Crippen LogP contribution is 2.29. The summed E-state index contributed by atoms with van der Waals surface area (Å²) >= 11 is 0. The molecule has 0 aromatic carbocycles. The van der Waals surface area contributed by atoms with E-state index in [2.05, 4.69) is 0 Å². The van der Waals surface area contributed by atoms with Gasteiger partial charge in [-0.1, -0.05) is 0 Å². The maximum Gasteiger partial charge on any atom is 0.314 e. The van der Waals surface area contributed by atoms with Gasteiger partial charge < -0.3 is 15.4 Å². The molecule has 5 nitrogen and oxygen atoms in total. The molecule has 0 spiro atoms. The molecule has 0 atom stereocenters. The van der Waals surface area contributed by atoms with Crippen LogP contribution in [0, 0.1) is 11.8 Å². The van der Waals surface area contributed by atoms with Crippen LogP contribution < -0.4 is 5.73 Å². The third kappa shape index (κ3) is 2.87. The highest BCUT2D eigenvalue weighted by atomic mass is 16.5. The molecular weight excluding hydrogens is 208 g/mol. The monoisotopic (exact) mass is 226 g/mol. The van der Waals surface area contributed by atoms with Crippen molar-refractivity contribution in [2.75, 3.05) is 19.7 Å². The van der Waals surface area contributed by atoms with Crippen molar-refractivity contribution in [3.63, 3.8) is 0 Å². The summed E-state index contributed by atoms with van der Waals surface area (Å²) in [5.41, 5.74) is 5.17. The van der Waals surface area contributed by atoms with Gasteiger partial charge in [-0.25, -0.2) is 4.79 Å². The van der Waals surface area contributed by atoms with Gasteiger partial charge in [0.05, 0.1) is 12.5 Å². The molecule has 0 aromatic rings. The lowest BCUT2D eigenvalue weighted by Gasteiger charge is -2.29. The molecule has 1 aliphatic heterocycles. The van der Waals surface area contributed by atoms with E-state index in [0.717, 1.165) is 0 Å². The molecule has 0 aromatic heterocycles. The Hall–Kier alpha value is -1.26. The van der Waals surface area contributed by atoms with Crippen LogP contribution in [-0.2, 0) is 9.53 Å². The number of urea groups is 1. The summed E-state index contributed by atoms with van der Waals surface area (Å²) in [6, 6.07) is -0.398. The van der Waals surface area contributed by atoms with Crippen molar-refractivity contribution in [3.8, 4) is 0 Å². The number of carbonyl (C=O) groups is 2. The smallest absolute Gasteiger partial charge is 0.314 e. The first-order valence-electron chi connectivity index (χ1n) is 5.88. The van der Waals surface area contributed by atoms with Crippen LogP contribution in [0.2, 0.25) is 0 Å². The Bertz CT molecular complexity index is 281. The minimum Gasteiger partial charge on any atom is -0.465 e. The summed E-state index contributed by atoms with van der Waals surface area (Å²) in [6.45, 7) is 1.71. The quantitative estimate of drug-likeness (QED) is 0.721. The first-order valence-corrected chi connectivity index (χ1v) is 5.88. The number of ether oxygens (including phenoxy) is 1. The minimum atomic E-state index is -0.398. The van der Waals surface area contributed by atoms with Crippen LogP contribution in [0.1, 0.15) is 25.7 Å². The van der Waals surface area contributed by atoms with Gasteiger partial charge in [0.25, 0.3) is 0 Å². The fraction of sp³-hybridized carbons (Fsp3) is 0.818. The van der Waals surface area contributed by atoms with Crippen LogP contribution in [0.4, 0.5) is 4.79 Å². The number of piperidine rings is 1. The molecule has 90 valence electrons. The van der Waals surface area contributed by atoms with Crippen molar-refractivity contribution in [3.05, 3.63) is 0 Å². The van der Waals surface area contributed by atoms with Gasteiger partial charge in [0, 0.05) is 13.1 Å². The predicted octanol–water partition coefficient (Wildman–Crippen LogP) is 0.730. The van der Waals surface area contributed by atoms with Gasteiger partial charge in [0.15, 0.2) is 0 Å². The Labute approximate surface area is 94.9 Å². The Morgan fingerprint density at radius 2 is 1.81 bits per heavy atom. The van der Waals surface area contributed by atoms with Crippen molar-refractivity contribution in [1.82, 2.24) is 4.90 Å². The Morgan fingerprint density at radius 1 is 1.19 bits per heavy atom. The molecule has 16 heavy (non-hydrogen) atoms. The van der Waals surface area contributed by atoms with E-state index < -0.39 is 6.03 Å². The van der Waals surface area contributed by atoms with Crippen molar-refractivity contribution in [2.45, 2.75) is 25.7 Å². The van der Waals surface area contributed by atoms with Gasteiger partial charge >= 0.3 is 12.0 Å². The number of hydrogen-bond donors (Lipinski definition) is 1. The molecule has 2 fully saturated rings. The molecule has 2 rings (SSSR count). The largest absolute Gasteiger partial charge is 0.465 e. The SMILES string of the molecule is NC(=O)N1CCC(C(=O)OCC2CC2)CC1. The molecule has 5 heteroatoms. The van der Waals surface area contributed by atoms with E-state index in [0.29, 0.717) is 38.5 Å². The zero-order valence-corrected chi connectivity index (χ0v) is 9.35. The van der Waals surface area contributed by atoms with Gasteiger partial charge in [0.1, 0.15) is 0 Å². The summed E-state index contributed by atoms with van der Waals surface area (Å²) in [4.78, 5) is 24.1. The molecule has 0 bridgehead atoms. The lowest BCUT2D eigenvalue weighted by Crippen LogP contribution is -2.43. The van der Waals surface area contributed by atoms with E-state index in [1.807, 2.05) is 0 Å². The van der Waals surface area contributed by atoms with Crippen molar-refractivity contribution >= 4 is 12.0 Å². The Balaban J connectivity index is 1.70. The average molecular weight is 226 g/mol. The zero-order chi connectivity index (χ0) is 11.5. The average Bonchev–Trinajstić information content (AvgIpc) is 3.10. The fourth-order valence-corrected chi connectivity index (χ4v) is 1.94. The number of likely N-dealkylation sites (tertiary alicyclic amines) is 1. The molecule has 0 radical (unpaired) electrons. The standard InChI is InChI=1S/C11H18N2O3/c12-11(15)13-5-3-9(4-6-13)10(14)16-7-8-1-2-8/h8-9H,1-7H2,(H2,12,15). The van der Waals surface area contributed by atoms with Crippen LogP contribution in [0.3, 0.4) is 0 Å². The number of nitrogens with two attached hydrogens (primary N) is 1. The molecule has 2 N–H and O–H groups in total. The molecule has 1 heterocycles. The molecule has 1 saturated carbocycles. The highest BCUT2D eigenvalue weighted by Gasteiger charge is 2.29. The molecule has 1 aliphatic carbocycles.